The maximum absolute atomic E-state index is 11.8. The van der Waals surface area contributed by atoms with Crippen molar-refractivity contribution in [2.24, 2.45) is 5.73 Å². The van der Waals surface area contributed by atoms with Gasteiger partial charge >= 0.3 is 0 Å². The minimum absolute atomic E-state index is 0.0371. The summed E-state index contributed by atoms with van der Waals surface area (Å²) in [5.41, 5.74) is 6.92. The van der Waals surface area contributed by atoms with Crippen molar-refractivity contribution in [2.45, 2.75) is 45.2 Å². The highest BCUT2D eigenvalue weighted by Crippen LogP contribution is 2.16. The molecule has 0 fully saturated rings. The van der Waals surface area contributed by atoms with E-state index in [0.29, 0.717) is 6.42 Å². The number of carbonyl (C=O) groups is 1. The van der Waals surface area contributed by atoms with Gasteiger partial charge in [-0.15, -0.1) is 0 Å². The molecule has 1 aromatic rings. The lowest BCUT2D eigenvalue weighted by Gasteiger charge is -2.18. The fourth-order valence-corrected chi connectivity index (χ4v) is 1.74. The molecule has 0 aliphatic rings. The second kappa shape index (κ2) is 7.07. The van der Waals surface area contributed by atoms with Crippen molar-refractivity contribution >= 4 is 5.91 Å². The molecule has 0 saturated heterocycles. The van der Waals surface area contributed by atoms with Crippen LogP contribution >= 0.6 is 0 Å². The van der Waals surface area contributed by atoms with Gasteiger partial charge in [0.25, 0.3) is 0 Å². The van der Waals surface area contributed by atoms with Crippen LogP contribution < -0.4 is 11.1 Å². The minimum atomic E-state index is -0.0386. The van der Waals surface area contributed by atoms with E-state index in [4.69, 9.17) is 5.73 Å². The molecule has 17 heavy (non-hydrogen) atoms. The Hall–Kier alpha value is -1.35. The molecule has 0 saturated carbocycles. The molecule has 1 amide bonds. The Morgan fingerprint density at radius 1 is 1.24 bits per heavy atom. The summed E-state index contributed by atoms with van der Waals surface area (Å²) < 4.78 is 0. The molecule has 2 atom stereocenters. The van der Waals surface area contributed by atoms with Gasteiger partial charge in [-0.1, -0.05) is 44.2 Å². The molecule has 3 N–H and O–H groups in total. The molecule has 0 heterocycles. The van der Waals surface area contributed by atoms with Crippen molar-refractivity contribution < 1.29 is 4.79 Å². The number of amides is 1. The van der Waals surface area contributed by atoms with E-state index in [1.54, 1.807) is 0 Å². The van der Waals surface area contributed by atoms with Crippen LogP contribution in [-0.2, 0) is 4.79 Å². The van der Waals surface area contributed by atoms with Crippen molar-refractivity contribution in [1.29, 1.82) is 0 Å². The Morgan fingerprint density at radius 2 is 1.88 bits per heavy atom. The van der Waals surface area contributed by atoms with Gasteiger partial charge < -0.3 is 11.1 Å². The van der Waals surface area contributed by atoms with Crippen LogP contribution in [0.3, 0.4) is 0 Å². The van der Waals surface area contributed by atoms with Crippen LogP contribution in [0, 0.1) is 0 Å². The van der Waals surface area contributed by atoms with E-state index in [9.17, 15) is 4.79 Å². The lowest BCUT2D eigenvalue weighted by Crippen LogP contribution is -2.33. The van der Waals surface area contributed by atoms with Crippen molar-refractivity contribution in [3.8, 4) is 0 Å². The number of nitrogens with two attached hydrogens (primary N) is 1. The Morgan fingerprint density at radius 3 is 2.41 bits per heavy atom. The molecule has 0 spiro atoms. The third-order valence-corrected chi connectivity index (χ3v) is 2.92. The van der Waals surface area contributed by atoms with Gasteiger partial charge in [-0.2, -0.15) is 0 Å². The van der Waals surface area contributed by atoms with Crippen LogP contribution in [0.4, 0.5) is 0 Å². The number of hydrogen-bond donors (Lipinski definition) is 2. The first-order valence-electron chi connectivity index (χ1n) is 6.27. The van der Waals surface area contributed by atoms with Crippen molar-refractivity contribution in [2.75, 3.05) is 0 Å². The van der Waals surface area contributed by atoms with Crippen LogP contribution in [0.15, 0.2) is 30.3 Å². The molecule has 0 bridgehead atoms. The number of hydrogen-bond acceptors (Lipinski definition) is 2. The summed E-state index contributed by atoms with van der Waals surface area (Å²) in [5, 5.41) is 3.03. The summed E-state index contributed by atoms with van der Waals surface area (Å²) in [4.78, 5) is 11.8. The summed E-state index contributed by atoms with van der Waals surface area (Å²) in [6.07, 6.45) is 2.12. The predicted molar refractivity (Wildman–Crippen MR) is 70.5 cm³/mol. The monoisotopic (exact) mass is 234 g/mol. The zero-order valence-electron chi connectivity index (χ0n) is 10.6. The van der Waals surface area contributed by atoms with Gasteiger partial charge in [0.2, 0.25) is 5.91 Å². The van der Waals surface area contributed by atoms with Gasteiger partial charge in [0.15, 0.2) is 0 Å². The van der Waals surface area contributed by atoms with Gasteiger partial charge in [0, 0.05) is 12.5 Å². The normalized spacial score (nSPS) is 14.1. The molecule has 3 nitrogen and oxygen atoms in total. The minimum Gasteiger partial charge on any atom is -0.349 e. The zero-order valence-corrected chi connectivity index (χ0v) is 10.6. The molecule has 0 aliphatic heterocycles. The summed E-state index contributed by atoms with van der Waals surface area (Å²) >= 11 is 0. The first-order chi connectivity index (χ1) is 8.17. The lowest BCUT2D eigenvalue weighted by molar-refractivity contribution is -0.122. The molecule has 3 heteroatoms. The molecule has 1 rings (SSSR count). The van der Waals surface area contributed by atoms with E-state index in [2.05, 4.69) is 12.2 Å². The predicted octanol–water partition coefficient (Wildman–Crippen LogP) is 2.38. The maximum atomic E-state index is 11.8. The number of rotatable bonds is 6. The topological polar surface area (TPSA) is 55.1 Å². The van der Waals surface area contributed by atoms with E-state index in [-0.39, 0.29) is 18.0 Å². The van der Waals surface area contributed by atoms with E-state index in [0.717, 1.165) is 18.4 Å². The molecule has 0 radical (unpaired) electrons. The first-order valence-corrected chi connectivity index (χ1v) is 6.27. The number of carbonyl (C=O) groups excluding carboxylic acids is 1. The highest BCUT2D eigenvalue weighted by atomic mass is 16.1. The van der Waals surface area contributed by atoms with E-state index < -0.39 is 0 Å². The van der Waals surface area contributed by atoms with Crippen molar-refractivity contribution in [3.05, 3.63) is 35.9 Å². The van der Waals surface area contributed by atoms with E-state index >= 15 is 0 Å². The smallest absolute Gasteiger partial charge is 0.222 e. The number of nitrogens with one attached hydrogen (secondary N) is 1. The fourth-order valence-electron chi connectivity index (χ4n) is 1.74. The Labute approximate surface area is 103 Å². The van der Waals surface area contributed by atoms with E-state index in [1.165, 1.54) is 0 Å². The highest BCUT2D eigenvalue weighted by molar-refractivity contribution is 5.77. The molecule has 94 valence electrons. The van der Waals surface area contributed by atoms with Crippen molar-refractivity contribution in [1.82, 2.24) is 5.32 Å². The third kappa shape index (κ3) is 4.57. The Kier molecular flexibility index (Phi) is 5.70. The Bertz CT molecular complexity index is 337. The largest absolute Gasteiger partial charge is 0.349 e. The third-order valence-electron chi connectivity index (χ3n) is 2.92. The second-order valence-corrected chi connectivity index (χ2v) is 4.31. The summed E-state index contributed by atoms with van der Waals surface area (Å²) in [5.74, 6) is 0.0371. The van der Waals surface area contributed by atoms with Crippen LogP contribution in [-0.4, -0.2) is 11.9 Å². The van der Waals surface area contributed by atoms with Crippen LogP contribution in [0.25, 0.3) is 0 Å². The molecule has 2 unspecified atom stereocenters. The zero-order chi connectivity index (χ0) is 12.7. The lowest BCUT2D eigenvalue weighted by atomic mass is 10.0. The van der Waals surface area contributed by atoms with Crippen molar-refractivity contribution in [3.63, 3.8) is 0 Å². The van der Waals surface area contributed by atoms with E-state index in [1.807, 2.05) is 37.3 Å². The Balaban J connectivity index is 2.56. The average molecular weight is 234 g/mol. The van der Waals surface area contributed by atoms with Crippen LogP contribution in [0.1, 0.15) is 44.7 Å². The molecular formula is C14H22N2O. The summed E-state index contributed by atoms with van der Waals surface area (Å²) in [7, 11) is 0. The van der Waals surface area contributed by atoms with Gasteiger partial charge in [-0.25, -0.2) is 0 Å². The van der Waals surface area contributed by atoms with Gasteiger partial charge in [0.05, 0.1) is 6.04 Å². The van der Waals surface area contributed by atoms with Gasteiger partial charge in [-0.3, -0.25) is 4.79 Å². The van der Waals surface area contributed by atoms with Gasteiger partial charge in [-0.05, 0) is 18.4 Å². The van der Waals surface area contributed by atoms with Crippen LogP contribution in [0.2, 0.25) is 0 Å². The molecule has 0 aromatic heterocycles. The second-order valence-electron chi connectivity index (χ2n) is 4.31. The first kappa shape index (κ1) is 13.7. The number of benzene rings is 1. The van der Waals surface area contributed by atoms with Gasteiger partial charge in [0.1, 0.15) is 0 Å². The average Bonchev–Trinajstić information content (AvgIpc) is 2.36. The highest BCUT2D eigenvalue weighted by Gasteiger charge is 2.13. The summed E-state index contributed by atoms with van der Waals surface area (Å²) in [6, 6.07) is 10.1. The quantitative estimate of drug-likeness (QED) is 0.794. The standard InChI is InChI=1S/C14H22N2O/c1-3-12(15)10-14(17)16-13(4-2)11-8-6-5-7-9-11/h5-9,12-13H,3-4,10,15H2,1-2H3,(H,16,17). The molecule has 1 aromatic carbocycles. The molecule has 0 aliphatic carbocycles. The SMILES string of the molecule is CCC(N)CC(=O)NC(CC)c1ccccc1. The van der Waals surface area contributed by atoms with Crippen LogP contribution in [0.5, 0.6) is 0 Å². The molecular weight excluding hydrogens is 212 g/mol. The maximum Gasteiger partial charge on any atom is 0.222 e. The fraction of sp³-hybridized carbons (Fsp3) is 0.500. The summed E-state index contributed by atoms with van der Waals surface area (Å²) in [6.45, 7) is 4.06.